The van der Waals surface area contributed by atoms with Crippen LogP contribution >= 0.6 is 0 Å². The Balaban J connectivity index is 1.36. The Morgan fingerprint density at radius 1 is 0.926 bits per heavy atom. The largest absolute Gasteiger partial charge is 0.326 e. The summed E-state index contributed by atoms with van der Waals surface area (Å²) in [7, 11) is 0. The predicted molar refractivity (Wildman–Crippen MR) is 110 cm³/mol. The molecule has 2 aliphatic heterocycles. The molecule has 2 saturated heterocycles. The monoisotopic (exact) mass is 368 g/mol. The van der Waals surface area contributed by atoms with Crippen molar-refractivity contribution in [3.05, 3.63) is 47.0 Å². The van der Waals surface area contributed by atoms with Crippen molar-refractivity contribution in [3.63, 3.8) is 0 Å². The molecule has 1 aromatic carbocycles. The molecule has 1 N–H and O–H groups in total. The summed E-state index contributed by atoms with van der Waals surface area (Å²) in [4.78, 5) is 20.8. The van der Waals surface area contributed by atoms with Gasteiger partial charge in [-0.2, -0.15) is 0 Å². The van der Waals surface area contributed by atoms with Gasteiger partial charge in [-0.25, -0.2) is 4.79 Å². The van der Waals surface area contributed by atoms with E-state index in [4.69, 9.17) is 0 Å². The molecule has 27 heavy (non-hydrogen) atoms. The summed E-state index contributed by atoms with van der Waals surface area (Å²) >= 11 is 0. The molecule has 2 aliphatic rings. The van der Waals surface area contributed by atoms with Crippen molar-refractivity contribution in [1.29, 1.82) is 0 Å². The molecule has 0 bridgehead atoms. The van der Waals surface area contributed by atoms with Crippen molar-refractivity contribution in [2.24, 2.45) is 0 Å². The van der Waals surface area contributed by atoms with E-state index in [2.05, 4.69) is 28.6 Å². The van der Waals surface area contributed by atoms with E-state index in [0.29, 0.717) is 12.1 Å². The van der Waals surface area contributed by atoms with Crippen LogP contribution in [0.15, 0.2) is 41.3 Å². The Morgan fingerprint density at radius 3 is 2.19 bits per heavy atom. The number of hydrogen-bond acceptors (Lipinski definition) is 3. The van der Waals surface area contributed by atoms with Gasteiger partial charge in [-0.15, -0.1) is 0 Å². The summed E-state index contributed by atoms with van der Waals surface area (Å²) < 4.78 is 1.93. The van der Waals surface area contributed by atoms with E-state index < -0.39 is 0 Å². The van der Waals surface area contributed by atoms with E-state index in [0.717, 1.165) is 43.2 Å². The molecule has 3 heterocycles. The SMILES string of the molecule is CC(C)N1CCC(N2CCC(n3cc(-c4ccccc4)[nH]c3=O)CC2)CC1. The number of nitrogens with zero attached hydrogens (tertiary/aromatic N) is 3. The van der Waals surface area contributed by atoms with Crippen LogP contribution in [-0.2, 0) is 0 Å². The topological polar surface area (TPSA) is 44.3 Å². The average Bonchev–Trinajstić information content (AvgIpc) is 3.10. The average molecular weight is 369 g/mol. The van der Waals surface area contributed by atoms with Gasteiger partial charge < -0.3 is 14.8 Å². The van der Waals surface area contributed by atoms with Crippen molar-refractivity contribution in [2.45, 2.75) is 57.7 Å². The lowest BCUT2D eigenvalue weighted by Crippen LogP contribution is -2.49. The lowest BCUT2D eigenvalue weighted by Gasteiger charge is -2.42. The summed E-state index contributed by atoms with van der Waals surface area (Å²) in [6, 6.07) is 11.8. The standard InChI is InChI=1S/C22H32N4O/c1-17(2)24-12-8-19(9-13-24)25-14-10-20(11-15-25)26-16-21(23-22(26)27)18-6-4-3-5-7-18/h3-7,16-17,19-20H,8-15H2,1-2H3,(H,23,27). The van der Waals surface area contributed by atoms with Crippen molar-refractivity contribution < 1.29 is 0 Å². The molecule has 1 aromatic heterocycles. The van der Waals surface area contributed by atoms with Gasteiger partial charge in [-0.3, -0.25) is 4.57 Å². The summed E-state index contributed by atoms with van der Waals surface area (Å²) in [5.41, 5.74) is 2.02. The van der Waals surface area contributed by atoms with Crippen LogP contribution in [0.5, 0.6) is 0 Å². The zero-order valence-corrected chi connectivity index (χ0v) is 16.6. The van der Waals surface area contributed by atoms with Crippen molar-refractivity contribution in [1.82, 2.24) is 19.4 Å². The van der Waals surface area contributed by atoms with E-state index in [1.807, 2.05) is 41.1 Å². The van der Waals surface area contributed by atoms with Gasteiger partial charge in [0.05, 0.1) is 5.69 Å². The zero-order chi connectivity index (χ0) is 18.8. The van der Waals surface area contributed by atoms with Crippen LogP contribution in [0.2, 0.25) is 0 Å². The summed E-state index contributed by atoms with van der Waals surface area (Å²) in [5.74, 6) is 0. The number of H-pyrrole nitrogens is 1. The van der Waals surface area contributed by atoms with Crippen LogP contribution in [0.3, 0.4) is 0 Å². The highest BCUT2D eigenvalue weighted by Crippen LogP contribution is 2.27. The fraction of sp³-hybridized carbons (Fsp3) is 0.591. The van der Waals surface area contributed by atoms with Gasteiger partial charge in [0.25, 0.3) is 0 Å². The Labute approximate surface area is 162 Å². The minimum Gasteiger partial charge on any atom is -0.306 e. The van der Waals surface area contributed by atoms with Crippen LogP contribution in [0.1, 0.15) is 45.6 Å². The first-order valence-electron chi connectivity index (χ1n) is 10.5. The predicted octanol–water partition coefficient (Wildman–Crippen LogP) is 3.35. The molecule has 0 atom stereocenters. The Kier molecular flexibility index (Phi) is 5.50. The second kappa shape index (κ2) is 8.03. The van der Waals surface area contributed by atoms with E-state index >= 15 is 0 Å². The number of imidazole rings is 1. The van der Waals surface area contributed by atoms with Crippen LogP contribution in [-0.4, -0.2) is 57.6 Å². The molecule has 0 aliphatic carbocycles. The van der Waals surface area contributed by atoms with Gasteiger partial charge in [0.15, 0.2) is 0 Å². The molecule has 2 fully saturated rings. The molecule has 4 rings (SSSR count). The number of aromatic amines is 1. The third-order valence-electron chi connectivity index (χ3n) is 6.47. The van der Waals surface area contributed by atoms with Gasteiger partial charge in [-0.05, 0) is 58.2 Å². The third kappa shape index (κ3) is 4.04. The molecule has 0 saturated carbocycles. The molecular formula is C22H32N4O. The lowest BCUT2D eigenvalue weighted by molar-refractivity contribution is 0.0684. The van der Waals surface area contributed by atoms with E-state index in [9.17, 15) is 4.79 Å². The molecule has 0 spiro atoms. The number of likely N-dealkylation sites (tertiary alicyclic amines) is 2. The normalized spacial score (nSPS) is 21.1. The first-order chi connectivity index (χ1) is 13.1. The molecule has 5 heteroatoms. The zero-order valence-electron chi connectivity index (χ0n) is 16.6. The number of benzene rings is 1. The molecule has 5 nitrogen and oxygen atoms in total. The molecule has 2 aromatic rings. The highest BCUT2D eigenvalue weighted by atomic mass is 16.1. The van der Waals surface area contributed by atoms with Gasteiger partial charge in [-0.1, -0.05) is 30.3 Å². The molecule has 0 radical (unpaired) electrons. The van der Waals surface area contributed by atoms with Crippen molar-refractivity contribution in [2.75, 3.05) is 26.2 Å². The number of rotatable bonds is 4. The maximum absolute atomic E-state index is 12.5. The third-order valence-corrected chi connectivity index (χ3v) is 6.47. The number of aromatic nitrogens is 2. The van der Waals surface area contributed by atoms with E-state index in [1.54, 1.807) is 0 Å². The van der Waals surface area contributed by atoms with Crippen molar-refractivity contribution >= 4 is 0 Å². The highest BCUT2D eigenvalue weighted by molar-refractivity contribution is 5.57. The number of hydrogen-bond donors (Lipinski definition) is 1. The number of nitrogens with one attached hydrogen (secondary N) is 1. The molecule has 0 amide bonds. The van der Waals surface area contributed by atoms with E-state index in [1.165, 1.54) is 25.9 Å². The molecule has 146 valence electrons. The second-order valence-electron chi connectivity index (χ2n) is 8.37. The first-order valence-corrected chi connectivity index (χ1v) is 10.5. The Bertz CT molecular complexity index is 778. The van der Waals surface area contributed by atoms with Crippen LogP contribution in [0.4, 0.5) is 0 Å². The van der Waals surface area contributed by atoms with Gasteiger partial charge in [0, 0.05) is 37.4 Å². The van der Waals surface area contributed by atoms with Gasteiger partial charge >= 0.3 is 5.69 Å². The smallest absolute Gasteiger partial charge is 0.306 e. The summed E-state index contributed by atoms with van der Waals surface area (Å²) in [6.07, 6.45) is 6.71. The summed E-state index contributed by atoms with van der Waals surface area (Å²) in [6.45, 7) is 9.25. The highest BCUT2D eigenvalue weighted by Gasteiger charge is 2.29. The van der Waals surface area contributed by atoms with Gasteiger partial charge in [0.2, 0.25) is 0 Å². The summed E-state index contributed by atoms with van der Waals surface area (Å²) in [5, 5.41) is 0. The number of piperidine rings is 2. The Hall–Kier alpha value is -1.85. The minimum atomic E-state index is 0.0255. The Morgan fingerprint density at radius 2 is 1.56 bits per heavy atom. The molecule has 0 unspecified atom stereocenters. The molecular weight excluding hydrogens is 336 g/mol. The fourth-order valence-corrected chi connectivity index (χ4v) is 4.74. The maximum atomic E-state index is 12.5. The van der Waals surface area contributed by atoms with Crippen LogP contribution in [0.25, 0.3) is 11.3 Å². The second-order valence-corrected chi connectivity index (χ2v) is 8.37. The quantitative estimate of drug-likeness (QED) is 0.900. The fourth-order valence-electron chi connectivity index (χ4n) is 4.74. The van der Waals surface area contributed by atoms with Crippen LogP contribution in [0, 0.1) is 0 Å². The van der Waals surface area contributed by atoms with Crippen LogP contribution < -0.4 is 5.69 Å². The minimum absolute atomic E-state index is 0.0255. The van der Waals surface area contributed by atoms with E-state index in [-0.39, 0.29) is 5.69 Å². The maximum Gasteiger partial charge on any atom is 0.326 e. The lowest BCUT2D eigenvalue weighted by atomic mass is 9.97. The van der Waals surface area contributed by atoms with Gasteiger partial charge in [0.1, 0.15) is 0 Å². The first kappa shape index (κ1) is 18.5. The van der Waals surface area contributed by atoms with Crippen molar-refractivity contribution in [3.8, 4) is 11.3 Å².